The summed E-state index contributed by atoms with van der Waals surface area (Å²) in [6.45, 7) is 0.738. The van der Waals surface area contributed by atoms with Crippen molar-refractivity contribution in [3.05, 3.63) is 64.4 Å². The summed E-state index contributed by atoms with van der Waals surface area (Å²) in [5, 5.41) is 2.42. The number of carbonyl (C=O) groups excluding carboxylic acids is 1. The maximum atomic E-state index is 13.1. The molecule has 0 saturated carbocycles. The molecule has 0 bridgehead atoms. The fourth-order valence-electron chi connectivity index (χ4n) is 2.86. The van der Waals surface area contributed by atoms with Crippen LogP contribution in [0, 0.1) is 5.82 Å². The summed E-state index contributed by atoms with van der Waals surface area (Å²) >= 11 is 5.66. The number of anilines is 1. The second-order valence-electron chi connectivity index (χ2n) is 6.10. The van der Waals surface area contributed by atoms with Crippen LogP contribution in [0.5, 0.6) is 0 Å². The van der Waals surface area contributed by atoms with Crippen LogP contribution in [0.25, 0.3) is 0 Å². The van der Waals surface area contributed by atoms with Crippen molar-refractivity contribution in [2.45, 2.75) is 19.4 Å². The number of halogens is 2. The number of fused-ring (bicyclic) bond motifs is 1. The molecule has 1 amide bonds. The number of hydrogen-bond acceptors (Lipinski definition) is 3. The highest BCUT2D eigenvalue weighted by Gasteiger charge is 2.27. The number of benzene rings is 2. The summed E-state index contributed by atoms with van der Waals surface area (Å²) in [7, 11) is -3.54. The Morgan fingerprint density at radius 3 is 2.65 bits per heavy atom. The van der Waals surface area contributed by atoms with E-state index in [1.54, 1.807) is 0 Å². The Hall–Kier alpha value is -1.96. The molecule has 0 aliphatic carbocycles. The van der Waals surface area contributed by atoms with Crippen molar-refractivity contribution in [3.63, 3.8) is 0 Å². The molecule has 1 aliphatic heterocycles. The van der Waals surface area contributed by atoms with Gasteiger partial charge in [-0.05, 0) is 35.7 Å². The van der Waals surface area contributed by atoms with E-state index < -0.39 is 21.7 Å². The first-order chi connectivity index (χ1) is 12.3. The highest BCUT2D eigenvalue weighted by Crippen LogP contribution is 2.22. The molecule has 1 heterocycles. The molecule has 0 unspecified atom stereocenters. The molecule has 0 saturated heterocycles. The molecule has 0 radical (unpaired) electrons. The lowest BCUT2D eigenvalue weighted by molar-refractivity contribution is -0.115. The number of nitrogens with one attached hydrogen (secondary N) is 1. The first-order valence-corrected chi connectivity index (χ1v) is 10.1. The summed E-state index contributed by atoms with van der Waals surface area (Å²) < 4.78 is 39.6. The van der Waals surface area contributed by atoms with Gasteiger partial charge in [0.25, 0.3) is 0 Å². The van der Waals surface area contributed by atoms with Gasteiger partial charge in [-0.3, -0.25) is 4.79 Å². The molecule has 1 N–H and O–H groups in total. The summed E-state index contributed by atoms with van der Waals surface area (Å²) in [4.78, 5) is 12.0. The summed E-state index contributed by atoms with van der Waals surface area (Å²) in [5.74, 6) is -1.33. The van der Waals surface area contributed by atoms with Gasteiger partial charge in [0.15, 0.2) is 0 Å². The lowest BCUT2D eigenvalue weighted by atomic mass is 10.0. The van der Waals surface area contributed by atoms with Gasteiger partial charge in [-0.25, -0.2) is 12.8 Å². The van der Waals surface area contributed by atoms with Crippen molar-refractivity contribution in [3.8, 4) is 0 Å². The van der Waals surface area contributed by atoms with Crippen LogP contribution in [0.15, 0.2) is 42.5 Å². The zero-order valence-corrected chi connectivity index (χ0v) is 15.5. The molecule has 1 aliphatic rings. The fourth-order valence-corrected chi connectivity index (χ4v) is 4.44. The Labute approximate surface area is 156 Å². The van der Waals surface area contributed by atoms with E-state index in [9.17, 15) is 17.6 Å². The van der Waals surface area contributed by atoms with E-state index in [-0.39, 0.29) is 17.2 Å². The van der Waals surface area contributed by atoms with Crippen LogP contribution in [0.3, 0.4) is 0 Å². The van der Waals surface area contributed by atoms with Crippen LogP contribution in [0.4, 0.5) is 10.1 Å². The van der Waals surface area contributed by atoms with E-state index in [0.717, 1.165) is 17.2 Å². The first kappa shape index (κ1) is 18.8. The third kappa shape index (κ3) is 4.41. The Morgan fingerprint density at radius 1 is 1.19 bits per heavy atom. The zero-order valence-electron chi connectivity index (χ0n) is 13.9. The Morgan fingerprint density at radius 2 is 1.92 bits per heavy atom. The molecule has 0 atom stereocenters. The summed E-state index contributed by atoms with van der Waals surface area (Å²) in [6, 6.07) is 11.5. The molecular formula is C18H18ClFN2O3S. The van der Waals surface area contributed by atoms with Crippen molar-refractivity contribution in [2.75, 3.05) is 17.6 Å². The minimum Gasteiger partial charge on any atom is -0.326 e. The van der Waals surface area contributed by atoms with Gasteiger partial charge in [0.2, 0.25) is 15.9 Å². The van der Waals surface area contributed by atoms with Gasteiger partial charge in [0.05, 0.1) is 10.8 Å². The van der Waals surface area contributed by atoms with Crippen molar-refractivity contribution < 1.29 is 17.6 Å². The number of nitrogens with zero attached hydrogens (tertiary/aromatic N) is 1. The van der Waals surface area contributed by atoms with Crippen molar-refractivity contribution in [2.24, 2.45) is 0 Å². The van der Waals surface area contributed by atoms with Gasteiger partial charge >= 0.3 is 0 Å². The largest absolute Gasteiger partial charge is 0.326 e. The van der Waals surface area contributed by atoms with E-state index >= 15 is 0 Å². The Balaban J connectivity index is 1.58. The normalized spacial score (nSPS) is 14.7. The highest BCUT2D eigenvalue weighted by molar-refractivity contribution is 7.89. The number of hydrogen-bond donors (Lipinski definition) is 1. The first-order valence-electron chi connectivity index (χ1n) is 8.15. The van der Waals surface area contributed by atoms with E-state index in [1.165, 1.54) is 16.4 Å². The minimum atomic E-state index is -3.54. The number of carbonyl (C=O) groups is 1. The number of sulfonamides is 1. The van der Waals surface area contributed by atoms with Crippen molar-refractivity contribution >= 4 is 33.2 Å². The molecular weight excluding hydrogens is 379 g/mol. The smallest absolute Gasteiger partial charge is 0.225 e. The van der Waals surface area contributed by atoms with Gasteiger partial charge in [-0.1, -0.05) is 35.9 Å². The van der Waals surface area contributed by atoms with E-state index in [0.29, 0.717) is 25.2 Å². The third-order valence-electron chi connectivity index (χ3n) is 4.28. The lowest BCUT2D eigenvalue weighted by Crippen LogP contribution is -2.38. The fraction of sp³-hybridized carbons (Fsp3) is 0.278. The van der Waals surface area contributed by atoms with E-state index in [4.69, 9.17) is 11.6 Å². The van der Waals surface area contributed by atoms with Crippen LogP contribution < -0.4 is 5.32 Å². The molecule has 2 aromatic carbocycles. The predicted octanol–water partition coefficient (Wildman–Crippen LogP) is 3.20. The van der Waals surface area contributed by atoms with Gasteiger partial charge in [0.1, 0.15) is 5.82 Å². The maximum absolute atomic E-state index is 13.1. The second kappa shape index (κ2) is 7.73. The molecule has 5 nitrogen and oxygen atoms in total. The molecule has 0 spiro atoms. The van der Waals surface area contributed by atoms with Crippen LogP contribution in [0.1, 0.15) is 17.5 Å². The molecule has 0 aromatic heterocycles. The van der Waals surface area contributed by atoms with Crippen LogP contribution in [0.2, 0.25) is 5.02 Å². The van der Waals surface area contributed by atoms with E-state index in [2.05, 4.69) is 5.32 Å². The molecule has 8 heteroatoms. The molecule has 3 rings (SSSR count). The highest BCUT2D eigenvalue weighted by atomic mass is 35.5. The average Bonchev–Trinajstić information content (AvgIpc) is 2.63. The number of amides is 1. The van der Waals surface area contributed by atoms with Crippen LogP contribution in [-0.4, -0.2) is 30.9 Å². The van der Waals surface area contributed by atoms with Crippen molar-refractivity contribution in [1.29, 1.82) is 0 Å². The van der Waals surface area contributed by atoms with Gasteiger partial charge in [-0.2, -0.15) is 4.31 Å². The minimum absolute atomic E-state index is 0.109. The van der Waals surface area contributed by atoms with Crippen LogP contribution in [-0.2, 0) is 27.8 Å². The quantitative estimate of drug-likeness (QED) is 0.844. The third-order valence-corrected chi connectivity index (χ3v) is 6.39. The standard InChI is InChI=1S/C18H18ClFN2O3S/c19-16-11-15(5-6-17(16)20)21-18(23)8-10-26(24,25)22-9-7-13-3-1-2-4-14(13)12-22/h1-6,11H,7-10,12H2,(H,21,23). The van der Waals surface area contributed by atoms with Crippen molar-refractivity contribution in [1.82, 2.24) is 4.31 Å². The van der Waals surface area contributed by atoms with Gasteiger partial charge < -0.3 is 5.32 Å². The lowest BCUT2D eigenvalue weighted by Gasteiger charge is -2.28. The monoisotopic (exact) mass is 396 g/mol. The average molecular weight is 397 g/mol. The SMILES string of the molecule is O=C(CCS(=O)(=O)N1CCc2ccccc2C1)Nc1ccc(F)c(Cl)c1. The summed E-state index contributed by atoms with van der Waals surface area (Å²) in [6.07, 6.45) is 0.477. The summed E-state index contributed by atoms with van der Waals surface area (Å²) in [5.41, 5.74) is 2.48. The van der Waals surface area contributed by atoms with Gasteiger partial charge in [0, 0.05) is 25.2 Å². The second-order valence-corrected chi connectivity index (χ2v) is 8.59. The van der Waals surface area contributed by atoms with Gasteiger partial charge in [-0.15, -0.1) is 0 Å². The maximum Gasteiger partial charge on any atom is 0.225 e. The van der Waals surface area contributed by atoms with Crippen LogP contribution >= 0.6 is 11.6 Å². The topological polar surface area (TPSA) is 66.5 Å². The Kier molecular flexibility index (Phi) is 5.60. The molecule has 0 fully saturated rings. The van der Waals surface area contributed by atoms with E-state index in [1.807, 2.05) is 24.3 Å². The predicted molar refractivity (Wildman–Crippen MR) is 99.0 cm³/mol. The Bertz CT molecular complexity index is 934. The number of rotatable bonds is 5. The molecule has 26 heavy (non-hydrogen) atoms. The molecule has 138 valence electrons. The zero-order chi connectivity index (χ0) is 18.7. The molecule has 2 aromatic rings.